The van der Waals surface area contributed by atoms with Crippen LogP contribution in [0, 0.1) is 0 Å². The van der Waals surface area contributed by atoms with Gasteiger partial charge in [0.15, 0.2) is 17.1 Å². The average Bonchev–Trinajstić information content (AvgIpc) is 3.40. The molecule has 0 spiro atoms. The standard InChI is InChI=1S/C20H17N7.C2H6/c21-20-24-18-16(13-22-26(18)12-11-14-7-3-1-4-8-14)19-23-17(25-27(19)20)15-9-5-2-6-10-15;1-2/h1-10,13H,11-12H2,(H2,21,24);1-2H3. The highest BCUT2D eigenvalue weighted by Gasteiger charge is 2.16. The second kappa shape index (κ2) is 8.10. The molecule has 0 atom stereocenters. The molecule has 29 heavy (non-hydrogen) atoms. The van der Waals surface area contributed by atoms with E-state index in [-0.39, 0.29) is 0 Å². The maximum atomic E-state index is 6.16. The third-order valence-electron chi connectivity index (χ3n) is 4.58. The van der Waals surface area contributed by atoms with Crippen molar-refractivity contribution >= 4 is 22.6 Å². The van der Waals surface area contributed by atoms with Crippen molar-refractivity contribution < 1.29 is 0 Å². The van der Waals surface area contributed by atoms with E-state index >= 15 is 0 Å². The Hall–Kier alpha value is -3.74. The Balaban J connectivity index is 0.000000994. The minimum Gasteiger partial charge on any atom is -0.368 e. The monoisotopic (exact) mass is 385 g/mol. The summed E-state index contributed by atoms with van der Waals surface area (Å²) in [6, 6.07) is 20.1. The van der Waals surface area contributed by atoms with Gasteiger partial charge in [0.2, 0.25) is 5.95 Å². The van der Waals surface area contributed by atoms with Crippen LogP contribution in [0.2, 0.25) is 0 Å². The molecule has 0 aliphatic heterocycles. The molecule has 3 aromatic heterocycles. The SMILES string of the molecule is CC.Nc1nc2c(cnn2CCc2ccccc2)c2nc(-c3ccccc3)nn12. The highest BCUT2D eigenvalue weighted by molar-refractivity contribution is 5.90. The number of rotatable bonds is 4. The fourth-order valence-electron chi connectivity index (χ4n) is 3.21. The van der Waals surface area contributed by atoms with Gasteiger partial charge in [-0.25, -0.2) is 9.67 Å². The molecule has 5 aromatic rings. The summed E-state index contributed by atoms with van der Waals surface area (Å²) in [6.45, 7) is 4.72. The van der Waals surface area contributed by atoms with E-state index in [2.05, 4.69) is 32.3 Å². The third kappa shape index (κ3) is 3.54. The van der Waals surface area contributed by atoms with Crippen LogP contribution in [0.4, 0.5) is 5.95 Å². The molecule has 7 nitrogen and oxygen atoms in total. The van der Waals surface area contributed by atoms with Gasteiger partial charge in [0.25, 0.3) is 0 Å². The van der Waals surface area contributed by atoms with Crippen LogP contribution in [0.15, 0.2) is 66.9 Å². The molecule has 0 saturated carbocycles. The van der Waals surface area contributed by atoms with Crippen LogP contribution in [0.3, 0.4) is 0 Å². The van der Waals surface area contributed by atoms with E-state index in [1.807, 2.05) is 67.1 Å². The van der Waals surface area contributed by atoms with Crippen LogP contribution >= 0.6 is 0 Å². The van der Waals surface area contributed by atoms with E-state index in [0.29, 0.717) is 17.4 Å². The summed E-state index contributed by atoms with van der Waals surface area (Å²) in [5, 5.41) is 9.86. The van der Waals surface area contributed by atoms with Crippen molar-refractivity contribution in [2.45, 2.75) is 26.8 Å². The number of hydrogen-bond acceptors (Lipinski definition) is 5. The van der Waals surface area contributed by atoms with E-state index in [1.165, 1.54) is 5.56 Å². The fourth-order valence-corrected chi connectivity index (χ4v) is 3.21. The molecule has 2 aromatic carbocycles. The largest absolute Gasteiger partial charge is 0.368 e. The molecular weight excluding hydrogens is 362 g/mol. The van der Waals surface area contributed by atoms with Gasteiger partial charge < -0.3 is 5.73 Å². The van der Waals surface area contributed by atoms with Gasteiger partial charge in [-0.1, -0.05) is 74.5 Å². The lowest BCUT2D eigenvalue weighted by Crippen LogP contribution is -2.07. The first-order chi connectivity index (χ1) is 14.3. The Morgan fingerprint density at radius 2 is 1.55 bits per heavy atom. The molecule has 0 unspecified atom stereocenters. The summed E-state index contributed by atoms with van der Waals surface area (Å²) in [7, 11) is 0. The zero-order chi connectivity index (χ0) is 20.2. The number of aryl methyl sites for hydroxylation is 2. The maximum Gasteiger partial charge on any atom is 0.225 e. The number of hydrogen-bond donors (Lipinski definition) is 1. The van der Waals surface area contributed by atoms with Gasteiger partial charge in [0.1, 0.15) is 0 Å². The van der Waals surface area contributed by atoms with E-state index in [1.54, 1.807) is 10.7 Å². The molecule has 0 fully saturated rings. The Bertz CT molecular complexity index is 1220. The lowest BCUT2D eigenvalue weighted by Gasteiger charge is -2.04. The molecule has 0 aliphatic carbocycles. The number of nitrogens with zero attached hydrogens (tertiary/aromatic N) is 6. The lowest BCUT2D eigenvalue weighted by atomic mass is 10.1. The molecule has 0 aliphatic rings. The Morgan fingerprint density at radius 1 is 0.862 bits per heavy atom. The van der Waals surface area contributed by atoms with Crippen LogP contribution in [0.5, 0.6) is 0 Å². The summed E-state index contributed by atoms with van der Waals surface area (Å²) in [5.74, 6) is 0.919. The fraction of sp³-hybridized carbons (Fsp3) is 0.182. The number of fused-ring (bicyclic) bond motifs is 3. The minimum atomic E-state index is 0.300. The second-order valence-electron chi connectivity index (χ2n) is 6.35. The van der Waals surface area contributed by atoms with Gasteiger partial charge in [0, 0.05) is 12.1 Å². The molecule has 2 N–H and O–H groups in total. The maximum absolute atomic E-state index is 6.16. The summed E-state index contributed by atoms with van der Waals surface area (Å²) in [6.07, 6.45) is 2.65. The Labute approximate surface area is 168 Å². The van der Waals surface area contributed by atoms with Gasteiger partial charge in [-0.3, -0.25) is 0 Å². The molecule has 0 amide bonds. The number of nitrogen functional groups attached to an aromatic ring is 1. The molecule has 7 heteroatoms. The van der Waals surface area contributed by atoms with Crippen molar-refractivity contribution in [1.82, 2.24) is 29.4 Å². The summed E-state index contributed by atoms with van der Waals surface area (Å²) < 4.78 is 3.45. The first-order valence-corrected chi connectivity index (χ1v) is 9.77. The average molecular weight is 385 g/mol. The van der Waals surface area contributed by atoms with Gasteiger partial charge in [0.05, 0.1) is 11.6 Å². The Morgan fingerprint density at radius 3 is 2.28 bits per heavy atom. The summed E-state index contributed by atoms with van der Waals surface area (Å²) >= 11 is 0. The molecular formula is C22H23N7. The van der Waals surface area contributed by atoms with E-state index in [0.717, 1.165) is 29.6 Å². The molecule has 3 heterocycles. The highest BCUT2D eigenvalue weighted by atomic mass is 15.4. The van der Waals surface area contributed by atoms with Gasteiger partial charge in [-0.15, -0.1) is 5.10 Å². The lowest BCUT2D eigenvalue weighted by molar-refractivity contribution is 0.629. The van der Waals surface area contributed by atoms with Crippen LogP contribution in [-0.4, -0.2) is 29.4 Å². The zero-order valence-corrected chi connectivity index (χ0v) is 16.5. The summed E-state index contributed by atoms with van der Waals surface area (Å²) in [4.78, 5) is 9.20. The summed E-state index contributed by atoms with van der Waals surface area (Å²) in [5.41, 5.74) is 9.74. The molecule has 0 radical (unpaired) electrons. The molecule has 146 valence electrons. The van der Waals surface area contributed by atoms with Crippen molar-refractivity contribution in [3.05, 3.63) is 72.4 Å². The minimum absolute atomic E-state index is 0.300. The molecule has 0 bridgehead atoms. The van der Waals surface area contributed by atoms with Crippen molar-refractivity contribution in [2.24, 2.45) is 0 Å². The predicted octanol–water partition coefficient (Wildman–Crippen LogP) is 3.99. The number of anilines is 1. The number of aromatic nitrogens is 6. The molecule has 0 saturated heterocycles. The van der Waals surface area contributed by atoms with Crippen molar-refractivity contribution in [3.8, 4) is 11.4 Å². The van der Waals surface area contributed by atoms with Gasteiger partial charge >= 0.3 is 0 Å². The van der Waals surface area contributed by atoms with E-state index < -0.39 is 0 Å². The van der Waals surface area contributed by atoms with Crippen LogP contribution < -0.4 is 5.73 Å². The number of nitrogens with two attached hydrogens (primary N) is 1. The first-order valence-electron chi connectivity index (χ1n) is 9.77. The second-order valence-corrected chi connectivity index (χ2v) is 6.35. The Kier molecular flexibility index (Phi) is 5.20. The zero-order valence-electron chi connectivity index (χ0n) is 16.5. The van der Waals surface area contributed by atoms with Crippen LogP contribution in [0.1, 0.15) is 19.4 Å². The number of benzene rings is 2. The topological polar surface area (TPSA) is 86.9 Å². The van der Waals surface area contributed by atoms with Crippen molar-refractivity contribution in [3.63, 3.8) is 0 Å². The predicted molar refractivity (Wildman–Crippen MR) is 115 cm³/mol. The van der Waals surface area contributed by atoms with Crippen molar-refractivity contribution in [2.75, 3.05) is 5.73 Å². The highest BCUT2D eigenvalue weighted by Crippen LogP contribution is 2.23. The third-order valence-corrected chi connectivity index (χ3v) is 4.58. The molecule has 5 rings (SSSR count). The van der Waals surface area contributed by atoms with E-state index in [4.69, 9.17) is 5.73 Å². The normalized spacial score (nSPS) is 10.8. The van der Waals surface area contributed by atoms with E-state index in [9.17, 15) is 0 Å². The van der Waals surface area contributed by atoms with Gasteiger partial charge in [-0.2, -0.15) is 14.6 Å². The van der Waals surface area contributed by atoms with Crippen LogP contribution in [-0.2, 0) is 13.0 Å². The van der Waals surface area contributed by atoms with Crippen LogP contribution in [0.25, 0.3) is 28.1 Å². The van der Waals surface area contributed by atoms with Gasteiger partial charge in [-0.05, 0) is 12.0 Å². The first kappa shape index (κ1) is 18.6. The quantitative estimate of drug-likeness (QED) is 0.505. The smallest absolute Gasteiger partial charge is 0.225 e. The van der Waals surface area contributed by atoms with Crippen molar-refractivity contribution in [1.29, 1.82) is 0 Å².